The van der Waals surface area contributed by atoms with Crippen LogP contribution in [-0.2, 0) is 9.59 Å². The van der Waals surface area contributed by atoms with E-state index < -0.39 is 5.97 Å². The minimum absolute atomic E-state index is 0.146. The molecule has 0 bridgehead atoms. The highest BCUT2D eigenvalue weighted by Crippen LogP contribution is 2.07. The lowest BCUT2D eigenvalue weighted by atomic mass is 10.00. The van der Waals surface area contributed by atoms with Crippen LogP contribution in [0.15, 0.2) is 0 Å². The first kappa shape index (κ1) is 11.7. The van der Waals surface area contributed by atoms with Crippen molar-refractivity contribution >= 4 is 11.8 Å². The van der Waals surface area contributed by atoms with Crippen LogP contribution >= 0.6 is 0 Å². The van der Waals surface area contributed by atoms with Crippen LogP contribution in [0, 0.1) is 17.8 Å². The first-order chi connectivity index (χ1) is 6.07. The van der Waals surface area contributed by atoms with Crippen LogP contribution in [0.3, 0.4) is 0 Å². The summed E-state index contributed by atoms with van der Waals surface area (Å²) in [6.45, 7) is 3.81. The van der Waals surface area contributed by atoms with E-state index in [9.17, 15) is 9.59 Å². The normalized spacial score (nSPS) is 11.2. The number of carbonyl (C=O) groups excluding carboxylic acids is 1. The summed E-state index contributed by atoms with van der Waals surface area (Å²) in [6.07, 6.45) is 2.79. The van der Waals surface area contributed by atoms with Crippen molar-refractivity contribution in [3.63, 3.8) is 0 Å². The molecule has 1 unspecified atom stereocenters. The van der Waals surface area contributed by atoms with E-state index in [-0.39, 0.29) is 11.7 Å². The second kappa shape index (κ2) is 6.24. The fourth-order valence-corrected chi connectivity index (χ4v) is 0.880. The van der Waals surface area contributed by atoms with Gasteiger partial charge in [-0.25, -0.2) is 4.79 Å². The van der Waals surface area contributed by atoms with E-state index in [1.165, 1.54) is 0 Å². The third kappa shape index (κ3) is 5.92. The van der Waals surface area contributed by atoms with Crippen LogP contribution in [0.25, 0.3) is 0 Å². The van der Waals surface area contributed by atoms with Crippen LogP contribution < -0.4 is 0 Å². The van der Waals surface area contributed by atoms with E-state index >= 15 is 0 Å². The van der Waals surface area contributed by atoms with Crippen molar-refractivity contribution in [2.24, 2.45) is 5.92 Å². The molecule has 0 aromatic rings. The average molecular weight is 182 g/mol. The van der Waals surface area contributed by atoms with Crippen LogP contribution in [0.2, 0.25) is 0 Å². The predicted molar refractivity (Wildman–Crippen MR) is 49.1 cm³/mol. The van der Waals surface area contributed by atoms with E-state index in [0.717, 1.165) is 19.3 Å². The summed E-state index contributed by atoms with van der Waals surface area (Å²) in [6, 6.07) is 0. The summed E-state index contributed by atoms with van der Waals surface area (Å²) in [5.41, 5.74) is 0. The molecule has 0 heterocycles. The van der Waals surface area contributed by atoms with Crippen molar-refractivity contribution in [3.05, 3.63) is 0 Å². The minimum atomic E-state index is -1.25. The number of hydrogen-bond acceptors (Lipinski definition) is 2. The Morgan fingerprint density at radius 2 is 2.00 bits per heavy atom. The number of unbranched alkanes of at least 4 members (excludes halogenated alkanes) is 1. The number of hydrogen-bond donors (Lipinski definition) is 1. The van der Waals surface area contributed by atoms with Gasteiger partial charge in [-0.05, 0) is 12.3 Å². The fraction of sp³-hybridized carbons (Fsp3) is 0.600. The van der Waals surface area contributed by atoms with Gasteiger partial charge in [0.15, 0.2) is 0 Å². The molecule has 0 aromatic carbocycles. The minimum Gasteiger partial charge on any atom is -0.472 e. The van der Waals surface area contributed by atoms with E-state index in [0.29, 0.717) is 0 Å². The summed E-state index contributed by atoms with van der Waals surface area (Å²) < 4.78 is 0. The number of carbonyl (C=O) groups is 2. The molecule has 0 fully saturated rings. The molecular weight excluding hydrogens is 168 g/mol. The lowest BCUT2D eigenvalue weighted by Crippen LogP contribution is -2.08. The zero-order valence-corrected chi connectivity index (χ0v) is 7.96. The second-order valence-corrected chi connectivity index (χ2v) is 2.96. The maximum absolute atomic E-state index is 11.1. The first-order valence-electron chi connectivity index (χ1n) is 4.36. The van der Waals surface area contributed by atoms with Crippen molar-refractivity contribution in [2.75, 3.05) is 0 Å². The van der Waals surface area contributed by atoms with E-state index in [2.05, 4.69) is 5.92 Å². The Bertz CT molecular complexity index is 245. The van der Waals surface area contributed by atoms with Gasteiger partial charge in [0.2, 0.25) is 5.78 Å². The summed E-state index contributed by atoms with van der Waals surface area (Å²) in [4.78, 5) is 21.1. The van der Waals surface area contributed by atoms with E-state index in [1.54, 1.807) is 6.92 Å². The zero-order valence-electron chi connectivity index (χ0n) is 7.96. The molecule has 13 heavy (non-hydrogen) atoms. The average Bonchev–Trinajstić information content (AvgIpc) is 2.10. The Balaban J connectivity index is 3.98. The quantitative estimate of drug-likeness (QED) is 0.529. The molecule has 0 aromatic heterocycles. The van der Waals surface area contributed by atoms with E-state index in [1.807, 2.05) is 12.8 Å². The summed E-state index contributed by atoms with van der Waals surface area (Å²) in [5, 5.41) is 8.19. The van der Waals surface area contributed by atoms with Gasteiger partial charge in [-0.3, -0.25) is 4.79 Å². The van der Waals surface area contributed by atoms with Gasteiger partial charge in [-0.1, -0.05) is 26.7 Å². The molecule has 0 saturated carbocycles. The Kier molecular flexibility index (Phi) is 5.62. The van der Waals surface area contributed by atoms with Crippen molar-refractivity contribution in [1.82, 2.24) is 0 Å². The van der Waals surface area contributed by atoms with Gasteiger partial charge >= 0.3 is 5.97 Å². The largest absolute Gasteiger partial charge is 0.472 e. The molecule has 1 atom stereocenters. The van der Waals surface area contributed by atoms with Crippen molar-refractivity contribution < 1.29 is 14.7 Å². The van der Waals surface area contributed by atoms with Gasteiger partial charge in [0.1, 0.15) is 0 Å². The summed E-state index contributed by atoms with van der Waals surface area (Å²) >= 11 is 0. The van der Waals surface area contributed by atoms with Gasteiger partial charge in [0.25, 0.3) is 0 Å². The third-order valence-corrected chi connectivity index (χ3v) is 1.73. The van der Waals surface area contributed by atoms with Crippen LogP contribution in [0.1, 0.15) is 33.1 Å². The van der Waals surface area contributed by atoms with Crippen LogP contribution in [-0.4, -0.2) is 16.9 Å². The number of carboxylic acid groups (broad SMARTS) is 1. The SMILES string of the molecule is CCCCC(C)C(=O)C#CC(=O)O. The van der Waals surface area contributed by atoms with Gasteiger partial charge in [0, 0.05) is 11.8 Å². The molecule has 3 nitrogen and oxygen atoms in total. The van der Waals surface area contributed by atoms with Gasteiger partial charge in [0.05, 0.1) is 0 Å². The fourth-order valence-electron chi connectivity index (χ4n) is 0.880. The zero-order chi connectivity index (χ0) is 10.3. The Labute approximate surface area is 78.1 Å². The standard InChI is InChI=1S/C10H14O3/c1-3-4-5-8(2)9(11)6-7-10(12)13/h8H,3-5H2,1-2H3,(H,12,13). The summed E-state index contributed by atoms with van der Waals surface area (Å²) in [7, 11) is 0. The highest BCUT2D eigenvalue weighted by Gasteiger charge is 2.09. The van der Waals surface area contributed by atoms with Crippen LogP contribution in [0.5, 0.6) is 0 Å². The van der Waals surface area contributed by atoms with Gasteiger partial charge < -0.3 is 5.11 Å². The second-order valence-electron chi connectivity index (χ2n) is 2.96. The molecule has 0 aliphatic heterocycles. The first-order valence-corrected chi connectivity index (χ1v) is 4.36. The Morgan fingerprint density at radius 3 is 2.46 bits per heavy atom. The number of ketones is 1. The lowest BCUT2D eigenvalue weighted by Gasteiger charge is -2.03. The van der Waals surface area contributed by atoms with E-state index in [4.69, 9.17) is 5.11 Å². The molecule has 0 amide bonds. The van der Waals surface area contributed by atoms with Gasteiger partial charge in [-0.15, -0.1) is 0 Å². The lowest BCUT2D eigenvalue weighted by molar-refractivity contribution is -0.130. The molecule has 0 radical (unpaired) electrons. The van der Waals surface area contributed by atoms with Crippen LogP contribution in [0.4, 0.5) is 0 Å². The number of aliphatic carboxylic acids is 1. The molecule has 0 rings (SSSR count). The highest BCUT2D eigenvalue weighted by molar-refractivity contribution is 6.02. The monoisotopic (exact) mass is 182 g/mol. The molecule has 72 valence electrons. The topological polar surface area (TPSA) is 54.4 Å². The Hall–Kier alpha value is -1.30. The highest BCUT2D eigenvalue weighted by atomic mass is 16.4. The van der Waals surface area contributed by atoms with Crippen molar-refractivity contribution in [3.8, 4) is 11.8 Å². The molecule has 0 saturated heterocycles. The molecule has 3 heteroatoms. The Morgan fingerprint density at radius 1 is 1.38 bits per heavy atom. The molecule has 1 N–H and O–H groups in total. The van der Waals surface area contributed by atoms with Gasteiger partial charge in [-0.2, -0.15) is 0 Å². The number of carboxylic acids is 1. The molecule has 0 spiro atoms. The molecule has 0 aliphatic rings. The maximum atomic E-state index is 11.1. The molecule has 0 aliphatic carbocycles. The smallest absolute Gasteiger partial charge is 0.382 e. The summed E-state index contributed by atoms with van der Waals surface area (Å²) in [5.74, 6) is 2.24. The number of rotatable bonds is 4. The number of Topliss-reactive ketones (excluding diaryl/α,β-unsaturated/α-hetero) is 1. The predicted octanol–water partition coefficient (Wildman–Crippen LogP) is 1.47. The van der Waals surface area contributed by atoms with Crippen molar-refractivity contribution in [1.29, 1.82) is 0 Å². The molecular formula is C10H14O3. The maximum Gasteiger partial charge on any atom is 0.382 e. The third-order valence-electron chi connectivity index (χ3n) is 1.73. The van der Waals surface area contributed by atoms with Crippen molar-refractivity contribution in [2.45, 2.75) is 33.1 Å².